The zero-order valence-electron chi connectivity index (χ0n) is 10.4. The fraction of sp³-hybridized carbons (Fsp3) is 0.538. The molecular weight excluding hydrogens is 234 g/mol. The van der Waals surface area contributed by atoms with Gasteiger partial charge in [0.25, 0.3) is 0 Å². The molecule has 0 fully saturated rings. The van der Waals surface area contributed by atoms with E-state index < -0.39 is 0 Å². The average molecular weight is 255 g/mol. The molecule has 0 amide bonds. The summed E-state index contributed by atoms with van der Waals surface area (Å²) >= 11 is 3.68. The third-order valence-corrected chi connectivity index (χ3v) is 4.40. The lowest BCUT2D eigenvalue weighted by Crippen LogP contribution is -2.00. The molecule has 0 saturated carbocycles. The van der Waals surface area contributed by atoms with Gasteiger partial charge in [0.1, 0.15) is 0 Å². The van der Waals surface area contributed by atoms with Gasteiger partial charge in [-0.05, 0) is 68.5 Å². The zero-order valence-corrected chi connectivity index (χ0v) is 12.0. The summed E-state index contributed by atoms with van der Waals surface area (Å²) in [6.07, 6.45) is 7.77. The summed E-state index contributed by atoms with van der Waals surface area (Å²) in [5.41, 5.74) is 8.40. The Kier molecular flexibility index (Phi) is 6.32. The van der Waals surface area contributed by atoms with Crippen molar-refractivity contribution >= 4 is 23.5 Å². The first-order chi connectivity index (χ1) is 7.72. The van der Waals surface area contributed by atoms with Gasteiger partial charge >= 0.3 is 0 Å². The average Bonchev–Trinajstić information content (AvgIpc) is 2.30. The molecule has 0 spiro atoms. The molecule has 0 atom stereocenters. The smallest absolute Gasteiger partial charge is 0.0105 e. The molecule has 0 aliphatic carbocycles. The Hall–Kier alpha value is -0.120. The van der Waals surface area contributed by atoms with Crippen LogP contribution >= 0.6 is 23.5 Å². The minimum atomic E-state index is 0.801. The van der Waals surface area contributed by atoms with Gasteiger partial charge in [0.15, 0.2) is 0 Å². The van der Waals surface area contributed by atoms with Crippen molar-refractivity contribution in [1.29, 1.82) is 0 Å². The number of hydrogen-bond donors (Lipinski definition) is 1. The highest BCUT2D eigenvalue weighted by Crippen LogP contribution is 2.30. The number of thioether (sulfide) groups is 2. The van der Waals surface area contributed by atoms with Crippen LogP contribution in [-0.2, 0) is 6.42 Å². The molecule has 1 aromatic rings. The number of benzene rings is 1. The summed E-state index contributed by atoms with van der Waals surface area (Å²) < 4.78 is 0. The molecule has 16 heavy (non-hydrogen) atoms. The van der Waals surface area contributed by atoms with Crippen molar-refractivity contribution in [3.05, 3.63) is 23.3 Å². The normalized spacial score (nSPS) is 10.8. The molecule has 0 unspecified atom stereocenters. The summed E-state index contributed by atoms with van der Waals surface area (Å²) in [4.78, 5) is 2.83. The molecule has 2 N–H and O–H groups in total. The van der Waals surface area contributed by atoms with Gasteiger partial charge < -0.3 is 5.73 Å². The maximum atomic E-state index is 5.53. The predicted molar refractivity (Wildman–Crippen MR) is 76.7 cm³/mol. The topological polar surface area (TPSA) is 26.0 Å². The molecule has 90 valence electrons. The maximum absolute atomic E-state index is 5.53. The molecule has 0 heterocycles. The van der Waals surface area contributed by atoms with E-state index in [4.69, 9.17) is 5.73 Å². The van der Waals surface area contributed by atoms with Gasteiger partial charge in [-0.15, -0.1) is 23.5 Å². The Bertz CT molecular complexity index is 337. The van der Waals surface area contributed by atoms with Crippen LogP contribution in [0.15, 0.2) is 21.9 Å². The van der Waals surface area contributed by atoms with Crippen LogP contribution in [0, 0.1) is 6.92 Å². The minimum Gasteiger partial charge on any atom is -0.330 e. The standard InChI is InChI=1S/C13H21NS2/c1-10-8-13(16-3)11(6-4-5-7-14)9-12(10)15-2/h8-9H,4-7,14H2,1-3H3. The Balaban J connectivity index is 2.86. The molecular formula is C13H21NS2. The number of unbranched alkanes of at least 4 members (excludes halogenated alkanes) is 1. The predicted octanol–water partition coefficient (Wildman–Crippen LogP) is 3.72. The van der Waals surface area contributed by atoms with Gasteiger partial charge in [0.2, 0.25) is 0 Å². The van der Waals surface area contributed by atoms with Gasteiger partial charge in [-0.3, -0.25) is 0 Å². The van der Waals surface area contributed by atoms with Crippen LogP contribution in [0.4, 0.5) is 0 Å². The molecule has 0 aliphatic rings. The second-order valence-corrected chi connectivity index (χ2v) is 5.58. The van der Waals surface area contributed by atoms with Gasteiger partial charge in [0.05, 0.1) is 0 Å². The summed E-state index contributed by atoms with van der Waals surface area (Å²) in [6, 6.07) is 4.66. The summed E-state index contributed by atoms with van der Waals surface area (Å²) in [5, 5.41) is 0. The highest BCUT2D eigenvalue weighted by Gasteiger charge is 2.06. The fourth-order valence-corrected chi connectivity index (χ4v) is 3.13. The Morgan fingerprint density at radius 1 is 1.06 bits per heavy atom. The Morgan fingerprint density at radius 3 is 2.31 bits per heavy atom. The largest absolute Gasteiger partial charge is 0.330 e. The Morgan fingerprint density at radius 2 is 1.75 bits per heavy atom. The van der Waals surface area contributed by atoms with Crippen LogP contribution in [0.2, 0.25) is 0 Å². The quantitative estimate of drug-likeness (QED) is 0.620. The van der Waals surface area contributed by atoms with Crippen molar-refractivity contribution < 1.29 is 0 Å². The van der Waals surface area contributed by atoms with E-state index in [1.165, 1.54) is 27.3 Å². The number of nitrogens with two attached hydrogens (primary N) is 1. The third kappa shape index (κ3) is 3.72. The van der Waals surface area contributed by atoms with E-state index in [1.54, 1.807) is 0 Å². The van der Waals surface area contributed by atoms with Crippen molar-refractivity contribution in [3.63, 3.8) is 0 Å². The monoisotopic (exact) mass is 255 g/mol. The van der Waals surface area contributed by atoms with Crippen molar-refractivity contribution in [2.24, 2.45) is 5.73 Å². The highest BCUT2D eigenvalue weighted by atomic mass is 32.2. The number of rotatable bonds is 6. The lowest BCUT2D eigenvalue weighted by atomic mass is 10.1. The first-order valence-corrected chi connectivity index (χ1v) is 8.09. The summed E-state index contributed by atoms with van der Waals surface area (Å²) in [6.45, 7) is 2.99. The molecule has 0 aromatic heterocycles. The van der Waals surface area contributed by atoms with Gasteiger partial charge in [-0.25, -0.2) is 0 Å². The van der Waals surface area contributed by atoms with E-state index >= 15 is 0 Å². The van der Waals surface area contributed by atoms with E-state index in [0.29, 0.717) is 0 Å². The van der Waals surface area contributed by atoms with E-state index in [1.807, 2.05) is 23.5 Å². The number of aryl methyl sites for hydroxylation is 2. The molecule has 0 saturated heterocycles. The first kappa shape index (κ1) is 13.9. The van der Waals surface area contributed by atoms with Crippen LogP contribution in [0.5, 0.6) is 0 Å². The number of hydrogen-bond acceptors (Lipinski definition) is 3. The van der Waals surface area contributed by atoms with Crippen LogP contribution in [0.3, 0.4) is 0 Å². The second-order valence-electron chi connectivity index (χ2n) is 3.88. The molecule has 0 radical (unpaired) electrons. The SMILES string of the molecule is CSc1cc(CCCCN)c(SC)cc1C. The maximum Gasteiger partial charge on any atom is 0.0105 e. The van der Waals surface area contributed by atoms with E-state index in [-0.39, 0.29) is 0 Å². The van der Waals surface area contributed by atoms with Crippen molar-refractivity contribution in [2.45, 2.75) is 36.0 Å². The molecule has 1 rings (SSSR count). The zero-order chi connectivity index (χ0) is 12.0. The van der Waals surface area contributed by atoms with Crippen LogP contribution in [0.25, 0.3) is 0 Å². The van der Waals surface area contributed by atoms with Crippen molar-refractivity contribution in [1.82, 2.24) is 0 Å². The lowest BCUT2D eigenvalue weighted by molar-refractivity contribution is 0.736. The van der Waals surface area contributed by atoms with Crippen molar-refractivity contribution in [2.75, 3.05) is 19.1 Å². The lowest BCUT2D eigenvalue weighted by Gasteiger charge is -2.11. The summed E-state index contributed by atoms with van der Waals surface area (Å²) in [5.74, 6) is 0. The molecule has 3 heteroatoms. The summed E-state index contributed by atoms with van der Waals surface area (Å²) in [7, 11) is 0. The highest BCUT2D eigenvalue weighted by molar-refractivity contribution is 7.99. The minimum absolute atomic E-state index is 0.801. The second kappa shape index (κ2) is 7.25. The van der Waals surface area contributed by atoms with Crippen LogP contribution in [0.1, 0.15) is 24.0 Å². The van der Waals surface area contributed by atoms with Gasteiger partial charge in [0, 0.05) is 9.79 Å². The van der Waals surface area contributed by atoms with E-state index in [0.717, 1.165) is 19.4 Å². The fourth-order valence-electron chi connectivity index (χ4n) is 1.77. The molecule has 0 bridgehead atoms. The van der Waals surface area contributed by atoms with Crippen LogP contribution < -0.4 is 5.73 Å². The van der Waals surface area contributed by atoms with Crippen LogP contribution in [-0.4, -0.2) is 19.1 Å². The van der Waals surface area contributed by atoms with E-state index in [2.05, 4.69) is 31.6 Å². The molecule has 1 aromatic carbocycles. The van der Waals surface area contributed by atoms with Gasteiger partial charge in [-0.1, -0.05) is 0 Å². The van der Waals surface area contributed by atoms with Crippen molar-refractivity contribution in [3.8, 4) is 0 Å². The first-order valence-electron chi connectivity index (χ1n) is 5.64. The van der Waals surface area contributed by atoms with Gasteiger partial charge in [-0.2, -0.15) is 0 Å². The molecule has 1 nitrogen and oxygen atoms in total. The Labute approximate surface area is 108 Å². The molecule has 0 aliphatic heterocycles. The van der Waals surface area contributed by atoms with E-state index in [9.17, 15) is 0 Å². The third-order valence-electron chi connectivity index (χ3n) is 2.70.